The van der Waals surface area contributed by atoms with Crippen molar-refractivity contribution < 1.29 is 14.7 Å². The average molecular weight is 312 g/mol. The lowest BCUT2D eigenvalue weighted by atomic mass is 10.1. The normalized spacial score (nSPS) is 19.3. The quantitative estimate of drug-likeness (QED) is 0.924. The zero-order chi connectivity index (χ0) is 13.1. The molecule has 18 heavy (non-hydrogen) atoms. The van der Waals surface area contributed by atoms with Crippen LogP contribution in [0.1, 0.15) is 12.0 Å². The van der Waals surface area contributed by atoms with Gasteiger partial charge >= 0.3 is 5.97 Å². The summed E-state index contributed by atoms with van der Waals surface area (Å²) >= 11 is 3.40. The first kappa shape index (κ1) is 13.1. The van der Waals surface area contributed by atoms with Crippen molar-refractivity contribution in [1.82, 2.24) is 4.90 Å². The van der Waals surface area contributed by atoms with Crippen LogP contribution in [0.15, 0.2) is 28.7 Å². The zero-order valence-corrected chi connectivity index (χ0v) is 11.4. The molecule has 4 nitrogen and oxygen atoms in total. The third kappa shape index (κ3) is 3.10. The van der Waals surface area contributed by atoms with E-state index in [0.717, 1.165) is 16.5 Å². The number of benzene rings is 1. The Morgan fingerprint density at radius 1 is 1.50 bits per heavy atom. The zero-order valence-electron chi connectivity index (χ0n) is 9.80. The van der Waals surface area contributed by atoms with Gasteiger partial charge in [-0.15, -0.1) is 0 Å². The number of carboxylic acids is 1. The summed E-state index contributed by atoms with van der Waals surface area (Å²) in [6.07, 6.45) is 0.880. The van der Waals surface area contributed by atoms with Crippen LogP contribution in [-0.4, -0.2) is 35.0 Å². The highest BCUT2D eigenvalue weighted by Crippen LogP contribution is 2.19. The summed E-state index contributed by atoms with van der Waals surface area (Å²) in [7, 11) is 0. The van der Waals surface area contributed by atoms with E-state index in [-0.39, 0.29) is 12.3 Å². The van der Waals surface area contributed by atoms with Gasteiger partial charge in [-0.25, -0.2) is 0 Å². The molecule has 1 aromatic rings. The molecule has 1 N–H and O–H groups in total. The van der Waals surface area contributed by atoms with E-state index in [4.69, 9.17) is 5.11 Å². The Kier molecular flexibility index (Phi) is 4.01. The lowest BCUT2D eigenvalue weighted by molar-refractivity contribution is -0.141. The van der Waals surface area contributed by atoms with E-state index in [1.807, 2.05) is 24.3 Å². The maximum Gasteiger partial charge on any atom is 0.308 e. The van der Waals surface area contributed by atoms with Crippen molar-refractivity contribution in [2.45, 2.75) is 12.8 Å². The Morgan fingerprint density at radius 3 is 2.89 bits per heavy atom. The van der Waals surface area contributed by atoms with Gasteiger partial charge in [0.25, 0.3) is 0 Å². The minimum atomic E-state index is -0.881. The Bertz CT molecular complexity index is 475. The van der Waals surface area contributed by atoms with Crippen LogP contribution in [0.25, 0.3) is 0 Å². The summed E-state index contributed by atoms with van der Waals surface area (Å²) in [5.74, 6) is -1.48. The Morgan fingerprint density at radius 2 is 2.28 bits per heavy atom. The van der Waals surface area contributed by atoms with Crippen LogP contribution in [0.4, 0.5) is 0 Å². The number of hydrogen-bond acceptors (Lipinski definition) is 2. The first-order valence-corrected chi connectivity index (χ1v) is 6.60. The molecule has 0 saturated carbocycles. The number of rotatable bonds is 4. The number of likely N-dealkylation sites (tertiary alicyclic amines) is 1. The van der Waals surface area contributed by atoms with Crippen molar-refractivity contribution >= 4 is 27.8 Å². The largest absolute Gasteiger partial charge is 0.481 e. The van der Waals surface area contributed by atoms with Crippen molar-refractivity contribution in [2.24, 2.45) is 5.92 Å². The van der Waals surface area contributed by atoms with Gasteiger partial charge in [0, 0.05) is 24.0 Å². The third-order valence-electron chi connectivity index (χ3n) is 3.12. The van der Waals surface area contributed by atoms with Crippen LogP contribution in [0, 0.1) is 5.92 Å². The second-order valence-corrected chi connectivity index (χ2v) is 5.37. The second kappa shape index (κ2) is 5.52. The number of carboxylic acid groups (broad SMARTS) is 1. The van der Waals surface area contributed by atoms with Crippen LogP contribution in [0.5, 0.6) is 0 Å². The minimum Gasteiger partial charge on any atom is -0.481 e. The number of nitrogens with zero attached hydrogens (tertiary/aromatic N) is 1. The molecule has 1 aliphatic rings. The first-order valence-electron chi connectivity index (χ1n) is 5.81. The molecule has 96 valence electrons. The van der Waals surface area contributed by atoms with Crippen LogP contribution in [0.3, 0.4) is 0 Å². The van der Waals surface area contributed by atoms with Gasteiger partial charge in [-0.1, -0.05) is 28.1 Å². The molecule has 0 radical (unpaired) electrons. The van der Waals surface area contributed by atoms with Crippen molar-refractivity contribution in [3.8, 4) is 0 Å². The molecule has 5 heteroatoms. The third-order valence-corrected chi connectivity index (χ3v) is 3.62. The molecule has 0 spiro atoms. The molecule has 2 rings (SSSR count). The van der Waals surface area contributed by atoms with E-state index in [0.29, 0.717) is 13.1 Å². The fraction of sp³-hybridized carbons (Fsp3) is 0.385. The van der Waals surface area contributed by atoms with Crippen molar-refractivity contribution in [3.05, 3.63) is 34.3 Å². The predicted molar refractivity (Wildman–Crippen MR) is 70.2 cm³/mol. The SMILES string of the molecule is O=C(O)C1CC(=O)N(CCc2cccc(Br)c2)C1. The molecular weight excluding hydrogens is 298 g/mol. The molecule has 1 heterocycles. The van der Waals surface area contributed by atoms with Crippen molar-refractivity contribution in [2.75, 3.05) is 13.1 Å². The number of amides is 1. The van der Waals surface area contributed by atoms with Gasteiger partial charge < -0.3 is 10.0 Å². The number of aliphatic carboxylic acids is 1. The van der Waals surface area contributed by atoms with E-state index >= 15 is 0 Å². The lowest BCUT2D eigenvalue weighted by Crippen LogP contribution is -2.28. The molecule has 1 fully saturated rings. The highest BCUT2D eigenvalue weighted by molar-refractivity contribution is 9.10. The molecule has 0 aliphatic carbocycles. The van der Waals surface area contributed by atoms with Gasteiger partial charge in [0.2, 0.25) is 5.91 Å². The number of carbonyl (C=O) groups excluding carboxylic acids is 1. The fourth-order valence-corrected chi connectivity index (χ4v) is 2.56. The van der Waals surface area contributed by atoms with Crippen LogP contribution < -0.4 is 0 Å². The summed E-state index contributed by atoms with van der Waals surface area (Å²) in [6, 6.07) is 7.91. The summed E-state index contributed by atoms with van der Waals surface area (Å²) in [4.78, 5) is 24.1. The highest BCUT2D eigenvalue weighted by Gasteiger charge is 2.33. The molecule has 1 atom stereocenters. The minimum absolute atomic E-state index is 0.0580. The van der Waals surface area contributed by atoms with Crippen LogP contribution in [-0.2, 0) is 16.0 Å². The van der Waals surface area contributed by atoms with E-state index < -0.39 is 11.9 Å². The Hall–Kier alpha value is -1.36. The molecule has 1 unspecified atom stereocenters. The lowest BCUT2D eigenvalue weighted by Gasteiger charge is -2.15. The fourth-order valence-electron chi connectivity index (χ4n) is 2.11. The van der Waals surface area contributed by atoms with Crippen molar-refractivity contribution in [3.63, 3.8) is 0 Å². The van der Waals surface area contributed by atoms with E-state index in [2.05, 4.69) is 15.9 Å². The smallest absolute Gasteiger partial charge is 0.308 e. The molecule has 1 aliphatic heterocycles. The van der Waals surface area contributed by atoms with E-state index in [1.54, 1.807) is 4.90 Å². The maximum absolute atomic E-state index is 11.6. The number of carbonyl (C=O) groups is 2. The van der Waals surface area contributed by atoms with E-state index in [9.17, 15) is 9.59 Å². The monoisotopic (exact) mass is 311 g/mol. The topological polar surface area (TPSA) is 57.6 Å². The van der Waals surface area contributed by atoms with Gasteiger partial charge in [-0.2, -0.15) is 0 Å². The number of hydrogen-bond donors (Lipinski definition) is 1. The molecule has 0 bridgehead atoms. The van der Waals surface area contributed by atoms with Crippen LogP contribution in [0.2, 0.25) is 0 Å². The Labute approximate surface area is 114 Å². The highest BCUT2D eigenvalue weighted by atomic mass is 79.9. The van der Waals surface area contributed by atoms with Crippen molar-refractivity contribution in [1.29, 1.82) is 0 Å². The first-order chi connectivity index (χ1) is 8.56. The molecule has 0 aromatic heterocycles. The van der Waals surface area contributed by atoms with Gasteiger partial charge in [-0.3, -0.25) is 9.59 Å². The summed E-state index contributed by atoms with van der Waals surface area (Å²) in [5, 5.41) is 8.89. The summed E-state index contributed by atoms with van der Waals surface area (Å²) in [5.41, 5.74) is 1.14. The molecule has 1 aromatic carbocycles. The van der Waals surface area contributed by atoms with Gasteiger partial charge in [-0.05, 0) is 24.1 Å². The Balaban J connectivity index is 1.91. The van der Waals surface area contributed by atoms with Gasteiger partial charge in [0.15, 0.2) is 0 Å². The summed E-state index contributed by atoms with van der Waals surface area (Å²) in [6.45, 7) is 0.918. The van der Waals surface area contributed by atoms with E-state index in [1.165, 1.54) is 0 Å². The van der Waals surface area contributed by atoms with Crippen LogP contribution >= 0.6 is 15.9 Å². The van der Waals surface area contributed by atoms with Gasteiger partial charge in [0.05, 0.1) is 5.92 Å². The molecule has 1 amide bonds. The number of halogens is 1. The molecule has 1 saturated heterocycles. The maximum atomic E-state index is 11.6. The summed E-state index contributed by atoms with van der Waals surface area (Å²) < 4.78 is 1.01. The second-order valence-electron chi connectivity index (χ2n) is 4.46. The predicted octanol–water partition coefficient (Wildman–Crippen LogP) is 1.92. The average Bonchev–Trinajstić information content (AvgIpc) is 2.68. The van der Waals surface area contributed by atoms with Gasteiger partial charge in [0.1, 0.15) is 0 Å². The standard InChI is InChI=1S/C13H14BrNO3/c14-11-3-1-2-9(6-11)4-5-15-8-10(13(17)18)7-12(15)16/h1-3,6,10H,4-5,7-8H2,(H,17,18). The molecular formula is C13H14BrNO3.